The monoisotopic (exact) mass is 444 g/mol. The Bertz CT molecular complexity index is 798. The van der Waals surface area contributed by atoms with Crippen LogP contribution in [0.2, 0.25) is 0 Å². The van der Waals surface area contributed by atoms with Crippen LogP contribution in [0.25, 0.3) is 0 Å². The van der Waals surface area contributed by atoms with E-state index in [0.717, 1.165) is 12.1 Å². The quantitative estimate of drug-likeness (QED) is 0.550. The first kappa shape index (κ1) is 23.1. The fraction of sp³-hybridized carbons (Fsp3) is 0.650. The summed E-state index contributed by atoms with van der Waals surface area (Å²) in [5, 5.41) is 12.7. The molecule has 1 aromatic carbocycles. The van der Waals surface area contributed by atoms with E-state index in [1.165, 1.54) is 12.1 Å². The van der Waals surface area contributed by atoms with E-state index in [2.05, 4.69) is 10.0 Å². The molecule has 3 atom stereocenters. The molecule has 1 amide bonds. The minimum Gasteiger partial charge on any atom is -0.394 e. The van der Waals surface area contributed by atoms with E-state index in [1.54, 1.807) is 0 Å². The molecule has 0 aliphatic carbocycles. The molecule has 10 heteroatoms. The third-order valence-electron chi connectivity index (χ3n) is 5.60. The van der Waals surface area contributed by atoms with Gasteiger partial charge in [-0.1, -0.05) is 0 Å². The molecule has 0 spiro atoms. The van der Waals surface area contributed by atoms with Crippen molar-refractivity contribution in [3.63, 3.8) is 0 Å². The largest absolute Gasteiger partial charge is 0.394 e. The first-order chi connectivity index (χ1) is 14.4. The number of rotatable bonds is 8. The third-order valence-corrected chi connectivity index (χ3v) is 7.07. The molecule has 2 heterocycles. The van der Waals surface area contributed by atoms with E-state index in [1.807, 2.05) is 0 Å². The summed E-state index contributed by atoms with van der Waals surface area (Å²) >= 11 is 0. The average Bonchev–Trinajstić information content (AvgIpc) is 2.75. The Labute approximate surface area is 176 Å². The molecule has 168 valence electrons. The lowest BCUT2D eigenvalue weighted by Crippen LogP contribution is -2.52. The van der Waals surface area contributed by atoms with Crippen LogP contribution in [0, 0.1) is 11.7 Å². The van der Waals surface area contributed by atoms with E-state index in [9.17, 15) is 22.7 Å². The highest BCUT2D eigenvalue weighted by atomic mass is 32.2. The second-order valence-electron chi connectivity index (χ2n) is 7.70. The minimum atomic E-state index is -3.72. The second kappa shape index (κ2) is 10.6. The van der Waals surface area contributed by atoms with Crippen LogP contribution in [0.5, 0.6) is 0 Å². The van der Waals surface area contributed by atoms with E-state index in [0.29, 0.717) is 45.3 Å². The van der Waals surface area contributed by atoms with Gasteiger partial charge in [-0.3, -0.25) is 4.79 Å². The molecule has 2 fully saturated rings. The first-order valence-electron chi connectivity index (χ1n) is 10.3. The topological polar surface area (TPSA) is 114 Å². The number of benzene rings is 1. The normalized spacial score (nSPS) is 25.7. The molecule has 3 N–H and O–H groups in total. The van der Waals surface area contributed by atoms with E-state index in [4.69, 9.17) is 9.47 Å². The summed E-state index contributed by atoms with van der Waals surface area (Å²) in [7, 11) is -3.72. The van der Waals surface area contributed by atoms with Gasteiger partial charge in [0.05, 0.1) is 23.6 Å². The molecule has 2 saturated heterocycles. The molecule has 0 unspecified atom stereocenters. The minimum absolute atomic E-state index is 0.00223. The number of hydrogen-bond acceptors (Lipinski definition) is 6. The lowest BCUT2D eigenvalue weighted by atomic mass is 9.94. The number of nitrogens with one attached hydrogen (secondary N) is 2. The van der Waals surface area contributed by atoms with Gasteiger partial charge in [-0.25, -0.2) is 17.5 Å². The van der Waals surface area contributed by atoms with Crippen molar-refractivity contribution in [2.75, 3.05) is 26.4 Å². The van der Waals surface area contributed by atoms with Gasteiger partial charge in [0.2, 0.25) is 15.9 Å². The van der Waals surface area contributed by atoms with Gasteiger partial charge in [0.15, 0.2) is 0 Å². The molecule has 1 aromatic rings. The number of amides is 1. The summed E-state index contributed by atoms with van der Waals surface area (Å²) in [6.07, 6.45) is 2.36. The Kier molecular flexibility index (Phi) is 8.18. The Balaban J connectivity index is 1.45. The molecule has 2 aliphatic rings. The zero-order valence-corrected chi connectivity index (χ0v) is 17.6. The van der Waals surface area contributed by atoms with Gasteiger partial charge in [-0.15, -0.1) is 0 Å². The van der Waals surface area contributed by atoms with Gasteiger partial charge in [0.25, 0.3) is 0 Å². The number of aliphatic hydroxyl groups is 1. The summed E-state index contributed by atoms with van der Waals surface area (Å²) in [4.78, 5) is 12.4. The first-order valence-corrected chi connectivity index (χ1v) is 11.8. The molecule has 2 aliphatic heterocycles. The number of sulfonamides is 1. The standard InChI is InChI=1S/C20H29FN2O6S/c21-15-1-4-17(5-2-15)30(26,27)22-10-7-16-3-6-18(19(13-24)29-16)23-20(25)14-8-11-28-12-9-14/h1-2,4-5,14,16,18-19,22,24H,3,6-13H2,(H,23,25)/t16-,18+,19+/m1/s1. The highest BCUT2D eigenvalue weighted by molar-refractivity contribution is 7.89. The van der Waals surface area contributed by atoms with E-state index < -0.39 is 21.9 Å². The summed E-state index contributed by atoms with van der Waals surface area (Å²) in [5.74, 6) is -0.606. The maximum atomic E-state index is 13.0. The number of carbonyl (C=O) groups excluding carboxylic acids is 1. The van der Waals surface area contributed by atoms with Crippen LogP contribution < -0.4 is 10.0 Å². The number of ether oxygens (including phenoxy) is 2. The molecule has 30 heavy (non-hydrogen) atoms. The third kappa shape index (κ3) is 6.21. The van der Waals surface area contributed by atoms with E-state index in [-0.39, 0.29) is 42.0 Å². The lowest BCUT2D eigenvalue weighted by Gasteiger charge is -2.37. The molecule has 3 rings (SSSR count). The SMILES string of the molecule is O=C(N[C@H]1CC[C@H](CCNS(=O)(=O)c2ccc(F)cc2)O[C@H]1CO)C1CCOCC1. The summed E-state index contributed by atoms with van der Waals surface area (Å²) in [6, 6.07) is 4.35. The zero-order valence-electron chi connectivity index (χ0n) is 16.8. The predicted molar refractivity (Wildman–Crippen MR) is 107 cm³/mol. The van der Waals surface area contributed by atoms with Crippen LogP contribution in [0.3, 0.4) is 0 Å². The summed E-state index contributed by atoms with van der Waals surface area (Å²) < 4.78 is 51.2. The predicted octanol–water partition coefficient (Wildman–Crippen LogP) is 0.945. The van der Waals surface area contributed by atoms with Crippen molar-refractivity contribution < 1.29 is 32.2 Å². The lowest BCUT2D eigenvalue weighted by molar-refractivity contribution is -0.134. The smallest absolute Gasteiger partial charge is 0.240 e. The van der Waals surface area contributed by atoms with Crippen LogP contribution in [0.1, 0.15) is 32.1 Å². The fourth-order valence-electron chi connectivity index (χ4n) is 3.82. The highest BCUT2D eigenvalue weighted by Gasteiger charge is 2.33. The van der Waals surface area contributed by atoms with Crippen molar-refractivity contribution in [3.05, 3.63) is 30.1 Å². The van der Waals surface area contributed by atoms with Gasteiger partial charge >= 0.3 is 0 Å². The number of hydrogen-bond donors (Lipinski definition) is 3. The average molecular weight is 445 g/mol. The van der Waals surface area contributed by atoms with Crippen molar-refractivity contribution >= 4 is 15.9 Å². The van der Waals surface area contributed by atoms with Gasteiger partial charge in [0, 0.05) is 25.7 Å². The van der Waals surface area contributed by atoms with Crippen molar-refractivity contribution in [1.82, 2.24) is 10.0 Å². The van der Waals surface area contributed by atoms with Crippen LogP contribution in [-0.4, -0.2) is 64.0 Å². The highest BCUT2D eigenvalue weighted by Crippen LogP contribution is 2.23. The molecular formula is C20H29FN2O6S. The second-order valence-corrected chi connectivity index (χ2v) is 9.47. The molecule has 0 bridgehead atoms. The molecule has 0 aromatic heterocycles. The maximum absolute atomic E-state index is 13.0. The van der Waals surface area contributed by atoms with Crippen molar-refractivity contribution in [2.24, 2.45) is 5.92 Å². The number of carbonyl (C=O) groups is 1. The van der Waals surface area contributed by atoms with Crippen LogP contribution in [0.15, 0.2) is 29.2 Å². The van der Waals surface area contributed by atoms with Crippen LogP contribution >= 0.6 is 0 Å². The zero-order chi connectivity index (χ0) is 21.6. The van der Waals surface area contributed by atoms with Crippen molar-refractivity contribution in [1.29, 1.82) is 0 Å². The Morgan fingerprint density at radius 2 is 1.83 bits per heavy atom. The van der Waals surface area contributed by atoms with Gasteiger partial charge in [-0.2, -0.15) is 0 Å². The summed E-state index contributed by atoms with van der Waals surface area (Å²) in [5.41, 5.74) is 0. The summed E-state index contributed by atoms with van der Waals surface area (Å²) in [6.45, 7) is 1.09. The molecular weight excluding hydrogens is 415 g/mol. The van der Waals surface area contributed by atoms with E-state index >= 15 is 0 Å². The molecule has 0 radical (unpaired) electrons. The molecule has 8 nitrogen and oxygen atoms in total. The van der Waals surface area contributed by atoms with Gasteiger partial charge in [0.1, 0.15) is 11.9 Å². The Morgan fingerprint density at radius 1 is 1.13 bits per heavy atom. The molecule has 0 saturated carbocycles. The Morgan fingerprint density at radius 3 is 2.50 bits per heavy atom. The van der Waals surface area contributed by atoms with Crippen molar-refractivity contribution in [3.8, 4) is 0 Å². The fourth-order valence-corrected chi connectivity index (χ4v) is 4.87. The number of aliphatic hydroxyl groups excluding tert-OH is 1. The Hall–Kier alpha value is -1.59. The van der Waals surface area contributed by atoms with Crippen LogP contribution in [0.4, 0.5) is 4.39 Å². The van der Waals surface area contributed by atoms with Crippen molar-refractivity contribution in [2.45, 2.75) is 55.2 Å². The van der Waals surface area contributed by atoms with Gasteiger partial charge in [-0.05, 0) is 56.4 Å². The number of halogens is 1. The van der Waals surface area contributed by atoms with Gasteiger partial charge < -0.3 is 19.9 Å². The van der Waals surface area contributed by atoms with Crippen LogP contribution in [-0.2, 0) is 24.3 Å². The maximum Gasteiger partial charge on any atom is 0.240 e.